The van der Waals surface area contributed by atoms with Gasteiger partial charge in [-0.05, 0) is 12.1 Å². The summed E-state index contributed by atoms with van der Waals surface area (Å²) in [4.78, 5) is 15.0. The number of nitrogens with zero attached hydrogens (tertiary/aromatic N) is 1. The number of carbonyl (C=O) groups excluding carboxylic acids is 1. The molecule has 0 spiro atoms. The monoisotopic (exact) mass is 315 g/mol. The lowest BCUT2D eigenvalue weighted by atomic mass is 10.0. The molecule has 4 N–H and O–H groups in total. The van der Waals surface area contributed by atoms with Crippen molar-refractivity contribution in [1.29, 1.82) is 0 Å². The summed E-state index contributed by atoms with van der Waals surface area (Å²) in [6, 6.07) is 5.96. The molecule has 0 saturated carbocycles. The van der Waals surface area contributed by atoms with Crippen LogP contribution in [0.25, 0.3) is 11.3 Å². The fourth-order valence-corrected chi connectivity index (χ4v) is 2.00. The van der Waals surface area contributed by atoms with Crippen LogP contribution in [-0.2, 0) is 6.18 Å². The molecule has 0 saturated heterocycles. The molecule has 0 radical (unpaired) electrons. The number of hydrogen-bond acceptors (Lipinski definition) is 3. The molecule has 0 aliphatic carbocycles. The van der Waals surface area contributed by atoms with Gasteiger partial charge in [0.1, 0.15) is 0 Å². The minimum Gasteiger partial charge on any atom is -0.396 e. The highest BCUT2D eigenvalue weighted by atomic mass is 35.5. The normalized spacial score (nSPS) is 11.4. The van der Waals surface area contributed by atoms with Crippen molar-refractivity contribution < 1.29 is 18.0 Å². The Morgan fingerprint density at radius 1 is 1.24 bits per heavy atom. The quantitative estimate of drug-likeness (QED) is 0.893. The van der Waals surface area contributed by atoms with E-state index >= 15 is 0 Å². The Bertz CT molecular complexity index is 716. The molecular formula is C13H9ClF3N3O. The summed E-state index contributed by atoms with van der Waals surface area (Å²) in [5, 5.41) is -0.0919. The molecule has 2 rings (SSSR count). The first kappa shape index (κ1) is 15.1. The van der Waals surface area contributed by atoms with Crippen molar-refractivity contribution in [2.45, 2.75) is 6.18 Å². The Labute approximate surface area is 122 Å². The van der Waals surface area contributed by atoms with Gasteiger partial charge in [-0.3, -0.25) is 4.79 Å². The second kappa shape index (κ2) is 5.25. The van der Waals surface area contributed by atoms with E-state index in [9.17, 15) is 18.0 Å². The van der Waals surface area contributed by atoms with E-state index in [0.29, 0.717) is 0 Å². The van der Waals surface area contributed by atoms with Crippen molar-refractivity contribution >= 4 is 23.2 Å². The lowest BCUT2D eigenvalue weighted by Crippen LogP contribution is -2.17. The molecule has 1 aromatic heterocycles. The lowest BCUT2D eigenvalue weighted by molar-refractivity contribution is -0.137. The molecule has 4 nitrogen and oxygen atoms in total. The number of rotatable bonds is 2. The number of alkyl halides is 3. The minimum atomic E-state index is -4.57. The number of halogens is 4. The largest absolute Gasteiger partial charge is 0.417 e. The average Bonchev–Trinajstić information content (AvgIpc) is 2.40. The van der Waals surface area contributed by atoms with Gasteiger partial charge in [0.25, 0.3) is 5.91 Å². The summed E-state index contributed by atoms with van der Waals surface area (Å²) in [7, 11) is 0. The fraction of sp³-hybridized carbons (Fsp3) is 0.0769. The third-order valence-electron chi connectivity index (χ3n) is 2.75. The molecule has 2 aromatic rings. The minimum absolute atomic E-state index is 0.0919. The van der Waals surface area contributed by atoms with Crippen LogP contribution in [0, 0.1) is 0 Å². The van der Waals surface area contributed by atoms with Gasteiger partial charge in [0, 0.05) is 5.56 Å². The third-order valence-corrected chi connectivity index (χ3v) is 3.06. The zero-order chi connectivity index (χ0) is 15.8. The Kier molecular flexibility index (Phi) is 3.78. The summed E-state index contributed by atoms with van der Waals surface area (Å²) < 4.78 is 39.0. The molecule has 0 atom stereocenters. The van der Waals surface area contributed by atoms with Gasteiger partial charge in [-0.25, -0.2) is 4.98 Å². The van der Waals surface area contributed by atoms with Crippen LogP contribution in [0.3, 0.4) is 0 Å². The van der Waals surface area contributed by atoms with E-state index in [1.165, 1.54) is 18.2 Å². The van der Waals surface area contributed by atoms with Crippen LogP contribution < -0.4 is 11.5 Å². The molecule has 1 heterocycles. The van der Waals surface area contributed by atoms with Crippen LogP contribution in [0.2, 0.25) is 5.02 Å². The zero-order valence-electron chi connectivity index (χ0n) is 10.4. The first-order valence-electron chi connectivity index (χ1n) is 5.64. The van der Waals surface area contributed by atoms with Crippen molar-refractivity contribution in [3.63, 3.8) is 0 Å². The van der Waals surface area contributed by atoms with Crippen LogP contribution >= 0.6 is 11.6 Å². The Morgan fingerprint density at radius 2 is 1.86 bits per heavy atom. The number of primary amides is 1. The highest BCUT2D eigenvalue weighted by Crippen LogP contribution is 2.37. The number of hydrogen-bond donors (Lipinski definition) is 2. The van der Waals surface area contributed by atoms with E-state index in [2.05, 4.69) is 4.98 Å². The molecule has 1 amide bonds. The molecule has 8 heteroatoms. The van der Waals surface area contributed by atoms with E-state index in [1.807, 2.05) is 0 Å². The third kappa shape index (κ3) is 2.92. The lowest BCUT2D eigenvalue weighted by Gasteiger charge is -2.13. The summed E-state index contributed by atoms with van der Waals surface area (Å²) in [5.74, 6) is -0.972. The van der Waals surface area contributed by atoms with Crippen molar-refractivity contribution in [3.8, 4) is 11.3 Å². The van der Waals surface area contributed by atoms with Crippen molar-refractivity contribution in [3.05, 3.63) is 46.6 Å². The topological polar surface area (TPSA) is 82.0 Å². The standard InChI is InChI=1S/C13H9ClF3N3O/c14-8-5-9(20-11(10(8)18)12(19)21)6-3-1-2-4-7(6)13(15,16)17/h1-5H,18H2,(H2,19,21). The first-order chi connectivity index (χ1) is 9.71. The Hall–Kier alpha value is -2.28. The predicted molar refractivity (Wildman–Crippen MR) is 72.6 cm³/mol. The number of aromatic nitrogens is 1. The van der Waals surface area contributed by atoms with Gasteiger partial charge in [-0.2, -0.15) is 13.2 Å². The highest BCUT2D eigenvalue weighted by molar-refractivity contribution is 6.34. The van der Waals surface area contributed by atoms with E-state index < -0.39 is 17.6 Å². The second-order valence-electron chi connectivity index (χ2n) is 4.16. The van der Waals surface area contributed by atoms with Crippen LogP contribution in [0.15, 0.2) is 30.3 Å². The second-order valence-corrected chi connectivity index (χ2v) is 4.57. The van der Waals surface area contributed by atoms with Crippen LogP contribution in [0.4, 0.5) is 18.9 Å². The van der Waals surface area contributed by atoms with Gasteiger partial charge in [0.05, 0.1) is 22.0 Å². The average molecular weight is 316 g/mol. The summed E-state index contributed by atoms with van der Waals surface area (Å²) in [6.45, 7) is 0. The molecule has 0 aliphatic heterocycles. The Balaban J connectivity index is 2.72. The van der Waals surface area contributed by atoms with Crippen LogP contribution in [0.1, 0.15) is 16.1 Å². The Morgan fingerprint density at radius 3 is 2.43 bits per heavy atom. The van der Waals surface area contributed by atoms with Gasteiger partial charge in [0.15, 0.2) is 5.69 Å². The fourth-order valence-electron chi connectivity index (χ4n) is 1.80. The van der Waals surface area contributed by atoms with Crippen molar-refractivity contribution in [2.75, 3.05) is 5.73 Å². The number of pyridine rings is 1. The SMILES string of the molecule is NC(=O)c1nc(-c2ccccc2C(F)(F)F)cc(Cl)c1N. The molecule has 21 heavy (non-hydrogen) atoms. The molecule has 0 unspecified atom stereocenters. The van der Waals surface area contributed by atoms with Gasteiger partial charge in [0.2, 0.25) is 0 Å². The zero-order valence-corrected chi connectivity index (χ0v) is 11.2. The molecule has 0 bridgehead atoms. The molecule has 0 aliphatic rings. The predicted octanol–water partition coefficient (Wildman–Crippen LogP) is 3.10. The number of nitrogen functional groups attached to an aromatic ring is 1. The summed E-state index contributed by atoms with van der Waals surface area (Å²) in [5.41, 5.74) is 8.86. The van der Waals surface area contributed by atoms with E-state index in [0.717, 1.165) is 12.1 Å². The van der Waals surface area contributed by atoms with E-state index in [1.54, 1.807) is 0 Å². The van der Waals surface area contributed by atoms with Crippen LogP contribution in [-0.4, -0.2) is 10.9 Å². The van der Waals surface area contributed by atoms with Gasteiger partial charge < -0.3 is 11.5 Å². The number of carbonyl (C=O) groups is 1. The van der Waals surface area contributed by atoms with Gasteiger partial charge in [-0.1, -0.05) is 29.8 Å². The first-order valence-corrected chi connectivity index (χ1v) is 6.02. The van der Waals surface area contributed by atoms with E-state index in [-0.39, 0.29) is 27.7 Å². The molecule has 0 fully saturated rings. The summed E-state index contributed by atoms with van der Waals surface area (Å²) >= 11 is 5.83. The summed E-state index contributed by atoms with van der Waals surface area (Å²) in [6.07, 6.45) is -4.57. The number of nitrogens with two attached hydrogens (primary N) is 2. The highest BCUT2D eigenvalue weighted by Gasteiger charge is 2.34. The maximum Gasteiger partial charge on any atom is 0.417 e. The smallest absolute Gasteiger partial charge is 0.396 e. The van der Waals surface area contributed by atoms with E-state index in [4.69, 9.17) is 23.1 Å². The molecule has 110 valence electrons. The molecule has 1 aromatic carbocycles. The number of benzene rings is 1. The van der Waals surface area contributed by atoms with Gasteiger partial charge >= 0.3 is 6.18 Å². The maximum atomic E-state index is 13.0. The number of anilines is 1. The van der Waals surface area contributed by atoms with Crippen LogP contribution in [0.5, 0.6) is 0 Å². The van der Waals surface area contributed by atoms with Crippen molar-refractivity contribution in [1.82, 2.24) is 4.98 Å². The van der Waals surface area contributed by atoms with Gasteiger partial charge in [-0.15, -0.1) is 0 Å². The number of amides is 1. The molecular weight excluding hydrogens is 307 g/mol. The maximum absolute atomic E-state index is 13.0. The van der Waals surface area contributed by atoms with Crippen molar-refractivity contribution in [2.24, 2.45) is 5.73 Å².